The van der Waals surface area contributed by atoms with Gasteiger partial charge in [-0.2, -0.15) is 0 Å². The Hall–Kier alpha value is -4.22. The van der Waals surface area contributed by atoms with Gasteiger partial charge in [0.15, 0.2) is 22.8 Å². The van der Waals surface area contributed by atoms with Crippen molar-refractivity contribution in [1.82, 2.24) is 19.5 Å². The Kier molecular flexibility index (Phi) is 8.99. The van der Waals surface area contributed by atoms with Crippen LogP contribution in [0.25, 0.3) is 11.2 Å². The van der Waals surface area contributed by atoms with Crippen molar-refractivity contribution >= 4 is 41.6 Å². The standard InChI is InChI=1S/C38H43N5O4Si/c1-37(2,3)48(30-18-9-5-10-19-30,31-20-11-6-12-21-31)45-25-29-17-13-23-38(46-29)24-14-22-32(47-38)43-27-41-33-34(39-26-40-35(33)43)42-36(44)28-15-7-4-8-16-28/h4-12,15-16,18-21,26-27,29,32H,13-14,17,22-25H2,1-3H3,(H,39,40,42,44)/t29-,32+,38-/m0/s1. The minimum Gasteiger partial charge on any atom is -0.405 e. The number of carbonyl (C=O) groups excluding carboxylic acids is 1. The summed E-state index contributed by atoms with van der Waals surface area (Å²) in [6, 6.07) is 30.5. The van der Waals surface area contributed by atoms with Crippen LogP contribution in [0.15, 0.2) is 104 Å². The van der Waals surface area contributed by atoms with Gasteiger partial charge in [-0.1, -0.05) is 99.6 Å². The second kappa shape index (κ2) is 13.4. The normalized spacial score (nSPS) is 21.7. The molecule has 0 unspecified atom stereocenters. The van der Waals surface area contributed by atoms with Crippen molar-refractivity contribution in [2.45, 2.75) is 82.5 Å². The third-order valence-electron chi connectivity index (χ3n) is 9.66. The molecule has 7 rings (SSSR count). The van der Waals surface area contributed by atoms with Crippen LogP contribution in [0.2, 0.25) is 5.04 Å². The van der Waals surface area contributed by atoms with E-state index in [2.05, 4.69) is 102 Å². The van der Waals surface area contributed by atoms with Gasteiger partial charge in [0.25, 0.3) is 14.2 Å². The summed E-state index contributed by atoms with van der Waals surface area (Å²) in [4.78, 5) is 26.4. The van der Waals surface area contributed by atoms with Crippen molar-refractivity contribution in [3.8, 4) is 0 Å². The van der Waals surface area contributed by atoms with E-state index >= 15 is 0 Å². The highest BCUT2D eigenvalue weighted by Gasteiger charge is 2.51. The number of carbonyl (C=O) groups is 1. The van der Waals surface area contributed by atoms with Crippen LogP contribution < -0.4 is 15.7 Å². The van der Waals surface area contributed by atoms with E-state index < -0.39 is 14.1 Å². The van der Waals surface area contributed by atoms with E-state index in [1.807, 2.05) is 22.8 Å². The average Bonchev–Trinajstić information content (AvgIpc) is 3.55. The molecule has 9 nitrogen and oxygen atoms in total. The summed E-state index contributed by atoms with van der Waals surface area (Å²) < 4.78 is 23.0. The van der Waals surface area contributed by atoms with E-state index in [0.717, 1.165) is 38.5 Å². The molecule has 3 aromatic carbocycles. The molecule has 248 valence electrons. The fraction of sp³-hybridized carbons (Fsp3) is 0.368. The van der Waals surface area contributed by atoms with Crippen LogP contribution in [-0.4, -0.2) is 52.2 Å². The summed E-state index contributed by atoms with van der Waals surface area (Å²) >= 11 is 0. The largest absolute Gasteiger partial charge is 0.405 e. The molecule has 2 saturated heterocycles. The molecule has 4 heterocycles. The minimum atomic E-state index is -2.70. The zero-order valence-electron chi connectivity index (χ0n) is 27.8. The van der Waals surface area contributed by atoms with Gasteiger partial charge in [-0.3, -0.25) is 9.36 Å². The number of ether oxygens (including phenoxy) is 2. The number of benzene rings is 3. The Morgan fingerprint density at radius 1 is 0.875 bits per heavy atom. The van der Waals surface area contributed by atoms with Gasteiger partial charge in [0.05, 0.1) is 19.0 Å². The van der Waals surface area contributed by atoms with Crippen LogP contribution in [0.4, 0.5) is 5.82 Å². The monoisotopic (exact) mass is 661 g/mol. The van der Waals surface area contributed by atoms with Crippen molar-refractivity contribution in [2.75, 3.05) is 11.9 Å². The number of nitrogens with zero attached hydrogens (tertiary/aromatic N) is 4. The number of imidazole rings is 1. The maximum Gasteiger partial charge on any atom is 0.261 e. The van der Waals surface area contributed by atoms with E-state index in [-0.39, 0.29) is 23.3 Å². The Labute approximate surface area is 282 Å². The summed E-state index contributed by atoms with van der Waals surface area (Å²) in [5.41, 5.74) is 1.67. The van der Waals surface area contributed by atoms with Gasteiger partial charge in [0.2, 0.25) is 0 Å². The highest BCUT2D eigenvalue weighted by molar-refractivity contribution is 6.99. The fourth-order valence-electron chi connectivity index (χ4n) is 7.42. The highest BCUT2D eigenvalue weighted by Crippen LogP contribution is 2.44. The number of fused-ring (bicyclic) bond motifs is 1. The summed E-state index contributed by atoms with van der Waals surface area (Å²) in [5.74, 6) is -0.596. The molecule has 0 saturated carbocycles. The molecule has 2 aromatic heterocycles. The molecule has 2 fully saturated rings. The van der Waals surface area contributed by atoms with Gasteiger partial charge in [-0.05, 0) is 53.2 Å². The number of rotatable bonds is 8. The Balaban J connectivity index is 1.10. The third-order valence-corrected chi connectivity index (χ3v) is 14.7. The minimum absolute atomic E-state index is 0.0965. The lowest BCUT2D eigenvalue weighted by Gasteiger charge is -2.47. The smallest absolute Gasteiger partial charge is 0.261 e. The van der Waals surface area contributed by atoms with Gasteiger partial charge < -0.3 is 19.2 Å². The molecule has 1 spiro atoms. The summed E-state index contributed by atoms with van der Waals surface area (Å²) in [6.07, 6.45) is 8.06. The molecule has 0 bridgehead atoms. The van der Waals surface area contributed by atoms with Crippen molar-refractivity contribution in [3.05, 3.63) is 109 Å². The van der Waals surface area contributed by atoms with E-state index in [0.29, 0.717) is 29.2 Å². The van der Waals surface area contributed by atoms with E-state index in [9.17, 15) is 4.79 Å². The van der Waals surface area contributed by atoms with Crippen molar-refractivity contribution < 1.29 is 18.7 Å². The molecule has 1 N–H and O–H groups in total. The van der Waals surface area contributed by atoms with Crippen LogP contribution in [0.3, 0.4) is 0 Å². The van der Waals surface area contributed by atoms with Crippen LogP contribution in [0, 0.1) is 0 Å². The van der Waals surface area contributed by atoms with E-state index in [4.69, 9.17) is 13.9 Å². The maximum atomic E-state index is 12.9. The summed E-state index contributed by atoms with van der Waals surface area (Å²) in [5, 5.41) is 5.31. The number of anilines is 1. The lowest BCUT2D eigenvalue weighted by Crippen LogP contribution is -2.67. The zero-order valence-corrected chi connectivity index (χ0v) is 28.8. The molecule has 2 aliphatic rings. The fourth-order valence-corrected chi connectivity index (χ4v) is 12.0. The molecule has 3 atom stereocenters. The van der Waals surface area contributed by atoms with Crippen LogP contribution in [0.1, 0.15) is 75.9 Å². The number of amides is 1. The molecule has 0 radical (unpaired) electrons. The Morgan fingerprint density at radius 2 is 1.50 bits per heavy atom. The lowest BCUT2D eigenvalue weighted by atomic mass is 9.94. The molecule has 5 aromatic rings. The van der Waals surface area contributed by atoms with Crippen molar-refractivity contribution in [2.24, 2.45) is 0 Å². The Morgan fingerprint density at radius 3 is 2.15 bits per heavy atom. The van der Waals surface area contributed by atoms with Gasteiger partial charge in [0, 0.05) is 18.4 Å². The first-order chi connectivity index (χ1) is 23.3. The van der Waals surface area contributed by atoms with Gasteiger partial charge >= 0.3 is 0 Å². The second-order valence-corrected chi connectivity index (χ2v) is 18.2. The van der Waals surface area contributed by atoms with Gasteiger partial charge in [0.1, 0.15) is 12.6 Å². The summed E-state index contributed by atoms with van der Waals surface area (Å²) in [7, 11) is -2.70. The molecule has 2 aliphatic heterocycles. The average molecular weight is 662 g/mol. The van der Waals surface area contributed by atoms with E-state index in [1.54, 1.807) is 18.5 Å². The first kappa shape index (κ1) is 32.3. The molecule has 48 heavy (non-hydrogen) atoms. The van der Waals surface area contributed by atoms with Crippen LogP contribution >= 0.6 is 0 Å². The number of aromatic nitrogens is 4. The highest BCUT2D eigenvalue weighted by atomic mass is 28.4. The van der Waals surface area contributed by atoms with Gasteiger partial charge in [-0.25, -0.2) is 15.0 Å². The topological polar surface area (TPSA) is 100 Å². The predicted octanol–water partition coefficient (Wildman–Crippen LogP) is 6.62. The molecule has 0 aliphatic carbocycles. The zero-order chi connectivity index (χ0) is 33.2. The van der Waals surface area contributed by atoms with Gasteiger partial charge in [-0.15, -0.1) is 0 Å². The molecular weight excluding hydrogens is 619 g/mol. The SMILES string of the molecule is CC(C)(C)[Si](OC[C@@H]1CCC[C@]2(CCC[C@H](n3cnc4c(NC(=O)c5ccccc5)ncnc43)O2)O1)(c1ccccc1)c1ccccc1. The quantitative estimate of drug-likeness (QED) is 0.187. The number of nitrogens with one attached hydrogen (secondary N) is 1. The third kappa shape index (κ3) is 6.21. The van der Waals surface area contributed by atoms with Crippen LogP contribution in [-0.2, 0) is 13.9 Å². The van der Waals surface area contributed by atoms with E-state index in [1.165, 1.54) is 16.7 Å². The molecular formula is C38H43N5O4Si. The Bertz CT molecular complexity index is 1800. The van der Waals surface area contributed by atoms with Crippen molar-refractivity contribution in [1.29, 1.82) is 0 Å². The predicted molar refractivity (Wildman–Crippen MR) is 189 cm³/mol. The molecule has 1 amide bonds. The van der Waals surface area contributed by atoms with Crippen LogP contribution in [0.5, 0.6) is 0 Å². The summed E-state index contributed by atoms with van der Waals surface area (Å²) in [6.45, 7) is 7.40. The first-order valence-electron chi connectivity index (χ1n) is 16.9. The first-order valence-corrected chi connectivity index (χ1v) is 18.8. The lowest BCUT2D eigenvalue weighted by molar-refractivity contribution is -0.329. The second-order valence-electron chi connectivity index (χ2n) is 13.8. The number of hydrogen-bond acceptors (Lipinski definition) is 7. The number of hydrogen-bond donors (Lipinski definition) is 1. The van der Waals surface area contributed by atoms with Crippen molar-refractivity contribution in [3.63, 3.8) is 0 Å². The molecule has 10 heteroatoms. The maximum absolute atomic E-state index is 12.9.